The molecule has 16 heavy (non-hydrogen) atoms. The van der Waals surface area contributed by atoms with Crippen molar-refractivity contribution in [3.63, 3.8) is 0 Å². The Morgan fingerprint density at radius 1 is 1.62 bits per heavy atom. The molecule has 0 unspecified atom stereocenters. The Labute approximate surface area is 92.5 Å². The average Bonchev–Trinajstić information content (AvgIpc) is 2.24. The zero-order chi connectivity index (χ0) is 11.6. The fourth-order valence-corrected chi connectivity index (χ4v) is 1.85. The van der Waals surface area contributed by atoms with Crippen LogP contribution in [0.4, 0.5) is 11.5 Å². The molecule has 0 saturated heterocycles. The summed E-state index contributed by atoms with van der Waals surface area (Å²) in [5.74, 6) is -0.192. The molecule has 2 N–H and O–H groups in total. The highest BCUT2D eigenvalue weighted by Crippen LogP contribution is 2.36. The van der Waals surface area contributed by atoms with Crippen LogP contribution in [0, 0.1) is 10.1 Å². The van der Waals surface area contributed by atoms with E-state index < -0.39 is 10.5 Å². The molecule has 0 amide bonds. The highest BCUT2D eigenvalue weighted by molar-refractivity contribution is 5.58. The number of aliphatic hydroxyl groups excluding tert-OH is 1. The summed E-state index contributed by atoms with van der Waals surface area (Å²) in [5, 5.41) is 23.1. The van der Waals surface area contributed by atoms with Crippen molar-refractivity contribution in [1.82, 2.24) is 4.98 Å². The molecule has 0 atom stereocenters. The van der Waals surface area contributed by atoms with Gasteiger partial charge in [0.1, 0.15) is 11.9 Å². The Kier molecular flexibility index (Phi) is 2.74. The topological polar surface area (TPSA) is 88.3 Å². The second-order valence-corrected chi connectivity index (χ2v) is 4.05. The van der Waals surface area contributed by atoms with Crippen molar-refractivity contribution in [2.45, 2.75) is 24.8 Å². The molecular weight excluding hydrogens is 210 g/mol. The first kappa shape index (κ1) is 10.8. The summed E-state index contributed by atoms with van der Waals surface area (Å²) in [6, 6.07) is 3.25. The Hall–Kier alpha value is -1.69. The molecule has 1 saturated carbocycles. The van der Waals surface area contributed by atoms with Crippen LogP contribution in [0.1, 0.15) is 19.3 Å². The molecule has 1 fully saturated rings. The molecule has 6 nitrogen and oxygen atoms in total. The highest BCUT2D eigenvalue weighted by Gasteiger charge is 2.37. The van der Waals surface area contributed by atoms with Gasteiger partial charge in [0.2, 0.25) is 0 Å². The number of nitro groups is 1. The van der Waals surface area contributed by atoms with Gasteiger partial charge < -0.3 is 20.5 Å². The molecule has 0 radical (unpaired) electrons. The van der Waals surface area contributed by atoms with Crippen LogP contribution < -0.4 is 5.32 Å². The standard InChI is InChI=1S/C10H13N3O3/c14-7-10(4-2-5-10)12-8-3-1-6-11-9(8)13(15)16/h1,3,6,12,14H,2,4-5,7H2. The van der Waals surface area contributed by atoms with E-state index in [1.807, 2.05) is 0 Å². The highest BCUT2D eigenvalue weighted by atomic mass is 16.6. The van der Waals surface area contributed by atoms with E-state index in [-0.39, 0.29) is 12.4 Å². The lowest BCUT2D eigenvalue weighted by Crippen LogP contribution is -2.48. The lowest BCUT2D eigenvalue weighted by molar-refractivity contribution is -0.388. The number of hydrogen-bond donors (Lipinski definition) is 2. The fraction of sp³-hybridized carbons (Fsp3) is 0.500. The van der Waals surface area contributed by atoms with Crippen molar-refractivity contribution in [2.75, 3.05) is 11.9 Å². The van der Waals surface area contributed by atoms with E-state index in [4.69, 9.17) is 0 Å². The molecule has 0 aliphatic heterocycles. The average molecular weight is 223 g/mol. The number of nitrogens with zero attached hydrogens (tertiary/aromatic N) is 2. The van der Waals surface area contributed by atoms with Gasteiger partial charge in [-0.05, 0) is 41.3 Å². The molecule has 6 heteroatoms. The lowest BCUT2D eigenvalue weighted by atomic mass is 9.77. The first-order chi connectivity index (χ1) is 7.67. The lowest BCUT2D eigenvalue weighted by Gasteiger charge is -2.41. The summed E-state index contributed by atoms with van der Waals surface area (Å²) >= 11 is 0. The van der Waals surface area contributed by atoms with Crippen molar-refractivity contribution in [2.24, 2.45) is 0 Å². The molecule has 1 aliphatic carbocycles. The van der Waals surface area contributed by atoms with E-state index >= 15 is 0 Å². The maximum atomic E-state index is 10.7. The number of aromatic nitrogens is 1. The van der Waals surface area contributed by atoms with E-state index in [2.05, 4.69) is 10.3 Å². The van der Waals surface area contributed by atoms with Gasteiger partial charge in [0.25, 0.3) is 0 Å². The number of aliphatic hydroxyl groups is 1. The predicted molar refractivity (Wildman–Crippen MR) is 58.2 cm³/mol. The van der Waals surface area contributed by atoms with Crippen molar-refractivity contribution in [3.05, 3.63) is 28.4 Å². The second kappa shape index (κ2) is 4.05. The van der Waals surface area contributed by atoms with E-state index in [1.165, 1.54) is 6.20 Å². The first-order valence-electron chi connectivity index (χ1n) is 5.15. The molecule has 86 valence electrons. The zero-order valence-electron chi connectivity index (χ0n) is 8.72. The van der Waals surface area contributed by atoms with E-state index in [0.29, 0.717) is 5.69 Å². The van der Waals surface area contributed by atoms with Gasteiger partial charge in [-0.3, -0.25) is 0 Å². The minimum Gasteiger partial charge on any atom is -0.394 e. The van der Waals surface area contributed by atoms with Gasteiger partial charge in [0, 0.05) is 0 Å². The normalized spacial score (nSPS) is 17.6. The summed E-state index contributed by atoms with van der Waals surface area (Å²) in [5.41, 5.74) is -0.0189. The van der Waals surface area contributed by atoms with E-state index in [9.17, 15) is 15.2 Å². The number of hydrogen-bond acceptors (Lipinski definition) is 5. The third kappa shape index (κ3) is 1.83. The molecule has 0 spiro atoms. The Balaban J connectivity index is 2.23. The fourth-order valence-electron chi connectivity index (χ4n) is 1.85. The van der Waals surface area contributed by atoms with Gasteiger partial charge in [-0.1, -0.05) is 0 Å². The third-order valence-corrected chi connectivity index (χ3v) is 2.97. The zero-order valence-corrected chi connectivity index (χ0v) is 8.72. The van der Waals surface area contributed by atoms with Crippen LogP contribution in [0.15, 0.2) is 18.3 Å². The van der Waals surface area contributed by atoms with Crippen molar-refractivity contribution >= 4 is 11.5 Å². The van der Waals surface area contributed by atoms with Crippen LogP contribution in [-0.2, 0) is 0 Å². The minimum atomic E-state index is -0.522. The Morgan fingerprint density at radius 3 is 2.88 bits per heavy atom. The van der Waals surface area contributed by atoms with Gasteiger partial charge in [-0.2, -0.15) is 0 Å². The van der Waals surface area contributed by atoms with Crippen molar-refractivity contribution in [1.29, 1.82) is 0 Å². The third-order valence-electron chi connectivity index (χ3n) is 2.97. The molecule has 2 rings (SSSR count). The quantitative estimate of drug-likeness (QED) is 0.593. The maximum Gasteiger partial charge on any atom is 0.386 e. The Morgan fingerprint density at radius 2 is 2.38 bits per heavy atom. The summed E-state index contributed by atoms with van der Waals surface area (Å²) in [4.78, 5) is 13.9. The van der Waals surface area contributed by atoms with Gasteiger partial charge >= 0.3 is 5.82 Å². The van der Waals surface area contributed by atoms with Crippen LogP contribution in [0.3, 0.4) is 0 Å². The molecule has 1 aromatic heterocycles. The van der Waals surface area contributed by atoms with Crippen LogP contribution in [-0.4, -0.2) is 27.2 Å². The number of nitrogens with one attached hydrogen (secondary N) is 1. The predicted octanol–water partition coefficient (Wildman–Crippen LogP) is 1.32. The summed E-state index contributed by atoms with van der Waals surface area (Å²) in [7, 11) is 0. The molecule has 0 aromatic carbocycles. The SMILES string of the molecule is O=[N+]([O-])c1ncccc1NC1(CO)CCC1. The first-order valence-corrected chi connectivity index (χ1v) is 5.15. The van der Waals surface area contributed by atoms with E-state index in [1.54, 1.807) is 12.1 Å². The number of rotatable bonds is 4. The van der Waals surface area contributed by atoms with E-state index in [0.717, 1.165) is 19.3 Å². The van der Waals surface area contributed by atoms with Crippen LogP contribution in [0.2, 0.25) is 0 Å². The van der Waals surface area contributed by atoms with Crippen LogP contribution in [0.5, 0.6) is 0 Å². The van der Waals surface area contributed by atoms with Crippen molar-refractivity contribution < 1.29 is 10.0 Å². The summed E-state index contributed by atoms with van der Waals surface area (Å²) in [6.45, 7) is -0.0148. The molecule has 1 aliphatic rings. The molecule has 0 bridgehead atoms. The number of anilines is 1. The summed E-state index contributed by atoms with van der Waals surface area (Å²) in [6.07, 6.45) is 4.07. The Bertz CT molecular complexity index is 399. The number of pyridine rings is 1. The minimum absolute atomic E-state index is 0.0148. The van der Waals surface area contributed by atoms with Gasteiger partial charge in [-0.15, -0.1) is 0 Å². The van der Waals surface area contributed by atoms with Gasteiger partial charge in [-0.25, -0.2) is 0 Å². The smallest absolute Gasteiger partial charge is 0.386 e. The molecule has 1 heterocycles. The van der Waals surface area contributed by atoms with Gasteiger partial charge in [0.15, 0.2) is 0 Å². The summed E-state index contributed by atoms with van der Waals surface area (Å²) < 4.78 is 0. The second-order valence-electron chi connectivity index (χ2n) is 4.05. The maximum absolute atomic E-state index is 10.7. The molecule has 1 aromatic rings. The van der Waals surface area contributed by atoms with Crippen LogP contribution in [0.25, 0.3) is 0 Å². The largest absolute Gasteiger partial charge is 0.394 e. The van der Waals surface area contributed by atoms with Gasteiger partial charge in [0.05, 0.1) is 12.1 Å². The molecular formula is C10H13N3O3. The van der Waals surface area contributed by atoms with Crippen LogP contribution >= 0.6 is 0 Å². The van der Waals surface area contributed by atoms with Crippen molar-refractivity contribution in [3.8, 4) is 0 Å². The monoisotopic (exact) mass is 223 g/mol.